The SMILES string of the molecule is C[C@H](C(=O)Nc1ccccc1F)N1CCN(C(=O)c2cccs2)CC1. The smallest absolute Gasteiger partial charge is 0.264 e. The number of carbonyl (C=O) groups excluding carboxylic acids is 2. The van der Waals surface area contributed by atoms with E-state index in [4.69, 9.17) is 0 Å². The van der Waals surface area contributed by atoms with Crippen molar-refractivity contribution in [1.29, 1.82) is 0 Å². The van der Waals surface area contributed by atoms with Gasteiger partial charge in [-0.3, -0.25) is 14.5 Å². The third-order valence-corrected chi connectivity index (χ3v) is 5.25. The van der Waals surface area contributed by atoms with E-state index < -0.39 is 11.9 Å². The normalized spacial score (nSPS) is 16.5. The van der Waals surface area contributed by atoms with Crippen molar-refractivity contribution < 1.29 is 14.0 Å². The fourth-order valence-corrected chi connectivity index (χ4v) is 3.52. The summed E-state index contributed by atoms with van der Waals surface area (Å²) in [7, 11) is 0. The minimum Gasteiger partial charge on any atom is -0.335 e. The molecule has 1 aliphatic rings. The molecule has 0 saturated carbocycles. The van der Waals surface area contributed by atoms with Crippen LogP contribution in [0.1, 0.15) is 16.6 Å². The molecule has 3 rings (SSSR count). The lowest BCUT2D eigenvalue weighted by atomic mass is 10.2. The number of anilines is 1. The predicted octanol–water partition coefficient (Wildman–Crippen LogP) is 2.67. The second kappa shape index (κ2) is 7.76. The number of para-hydroxylation sites is 1. The summed E-state index contributed by atoms with van der Waals surface area (Å²) in [6, 6.07) is 9.41. The number of nitrogens with one attached hydrogen (secondary N) is 1. The van der Waals surface area contributed by atoms with Gasteiger partial charge in [0.1, 0.15) is 5.82 Å². The minimum absolute atomic E-state index is 0.0399. The Bertz CT molecular complexity index is 743. The van der Waals surface area contributed by atoms with Crippen LogP contribution < -0.4 is 5.32 Å². The van der Waals surface area contributed by atoms with Crippen molar-refractivity contribution in [2.45, 2.75) is 13.0 Å². The zero-order valence-electron chi connectivity index (χ0n) is 13.9. The van der Waals surface area contributed by atoms with Gasteiger partial charge in [0.15, 0.2) is 0 Å². The molecule has 1 aliphatic heterocycles. The van der Waals surface area contributed by atoms with Gasteiger partial charge in [-0.15, -0.1) is 11.3 Å². The Kier molecular flexibility index (Phi) is 5.45. The lowest BCUT2D eigenvalue weighted by molar-refractivity contribution is -0.121. The number of rotatable bonds is 4. The van der Waals surface area contributed by atoms with Gasteiger partial charge in [0.25, 0.3) is 5.91 Å². The molecule has 0 aliphatic carbocycles. The molecule has 1 atom stereocenters. The molecular weight excluding hydrogens is 341 g/mol. The number of halogens is 1. The summed E-state index contributed by atoms with van der Waals surface area (Å²) in [6.45, 7) is 4.18. The van der Waals surface area contributed by atoms with Gasteiger partial charge in [0.2, 0.25) is 5.91 Å². The van der Waals surface area contributed by atoms with Crippen LogP contribution in [0.3, 0.4) is 0 Å². The Morgan fingerprint density at radius 2 is 1.84 bits per heavy atom. The van der Waals surface area contributed by atoms with Crippen molar-refractivity contribution >= 4 is 28.8 Å². The Balaban J connectivity index is 1.54. The summed E-state index contributed by atoms with van der Waals surface area (Å²) >= 11 is 1.43. The van der Waals surface area contributed by atoms with Gasteiger partial charge in [0.05, 0.1) is 16.6 Å². The van der Waals surface area contributed by atoms with E-state index in [1.54, 1.807) is 19.1 Å². The first-order chi connectivity index (χ1) is 12.1. The highest BCUT2D eigenvalue weighted by molar-refractivity contribution is 7.12. The Hall–Kier alpha value is -2.25. The molecule has 2 amide bonds. The maximum absolute atomic E-state index is 13.7. The number of nitrogens with zero attached hydrogens (tertiary/aromatic N) is 2. The first-order valence-electron chi connectivity index (χ1n) is 8.18. The standard InChI is InChI=1S/C18H20FN3O2S/c1-13(17(23)20-15-6-3-2-5-14(15)19)21-8-10-22(11-9-21)18(24)16-7-4-12-25-16/h2-7,12-13H,8-11H2,1H3,(H,20,23)/t13-/m1/s1. The Morgan fingerprint density at radius 3 is 2.48 bits per heavy atom. The van der Waals surface area contributed by atoms with Crippen LogP contribution in [0.5, 0.6) is 0 Å². The van der Waals surface area contributed by atoms with E-state index in [1.165, 1.54) is 23.5 Å². The van der Waals surface area contributed by atoms with Crippen molar-refractivity contribution in [2.24, 2.45) is 0 Å². The molecule has 5 nitrogen and oxygen atoms in total. The van der Waals surface area contributed by atoms with Crippen molar-refractivity contribution in [3.8, 4) is 0 Å². The molecule has 1 aromatic heterocycles. The van der Waals surface area contributed by atoms with Gasteiger partial charge in [-0.05, 0) is 30.5 Å². The van der Waals surface area contributed by atoms with Gasteiger partial charge >= 0.3 is 0 Å². The highest BCUT2D eigenvalue weighted by Gasteiger charge is 2.28. The molecule has 2 heterocycles. The largest absolute Gasteiger partial charge is 0.335 e. The van der Waals surface area contributed by atoms with Crippen molar-refractivity contribution in [3.63, 3.8) is 0 Å². The van der Waals surface area contributed by atoms with Crippen molar-refractivity contribution in [2.75, 3.05) is 31.5 Å². The third-order valence-electron chi connectivity index (χ3n) is 4.39. The maximum atomic E-state index is 13.7. The van der Waals surface area contributed by atoms with Crippen LogP contribution in [0.4, 0.5) is 10.1 Å². The topological polar surface area (TPSA) is 52.7 Å². The molecule has 0 unspecified atom stereocenters. The van der Waals surface area contributed by atoms with Gasteiger partial charge < -0.3 is 10.2 Å². The van der Waals surface area contributed by atoms with Gasteiger partial charge in [0, 0.05) is 26.2 Å². The minimum atomic E-state index is -0.450. The highest BCUT2D eigenvalue weighted by atomic mass is 32.1. The summed E-state index contributed by atoms with van der Waals surface area (Å²) in [4.78, 5) is 29.3. The van der Waals surface area contributed by atoms with Gasteiger partial charge in [-0.25, -0.2) is 4.39 Å². The molecule has 1 fully saturated rings. The van der Waals surface area contributed by atoms with E-state index >= 15 is 0 Å². The second-order valence-electron chi connectivity index (χ2n) is 5.95. The zero-order valence-corrected chi connectivity index (χ0v) is 14.8. The summed E-state index contributed by atoms with van der Waals surface area (Å²) in [6.07, 6.45) is 0. The molecule has 0 bridgehead atoms. The second-order valence-corrected chi connectivity index (χ2v) is 6.90. The fraction of sp³-hybridized carbons (Fsp3) is 0.333. The molecule has 132 valence electrons. The lowest BCUT2D eigenvalue weighted by Crippen LogP contribution is -2.54. The molecule has 2 aromatic rings. The molecule has 1 aromatic carbocycles. The van der Waals surface area contributed by atoms with Crippen molar-refractivity contribution in [3.05, 3.63) is 52.5 Å². The molecule has 0 radical (unpaired) electrons. The van der Waals surface area contributed by atoms with E-state index in [-0.39, 0.29) is 17.5 Å². The number of benzene rings is 1. The van der Waals surface area contributed by atoms with E-state index in [1.807, 2.05) is 27.3 Å². The number of piperazine rings is 1. The Labute approximate surface area is 150 Å². The number of thiophene rings is 1. The first kappa shape index (κ1) is 17.6. The van der Waals surface area contributed by atoms with Crippen molar-refractivity contribution in [1.82, 2.24) is 9.80 Å². The third kappa shape index (κ3) is 4.05. The maximum Gasteiger partial charge on any atom is 0.264 e. The van der Waals surface area contributed by atoms with Crippen LogP contribution in [0, 0.1) is 5.82 Å². The molecule has 0 spiro atoms. The average Bonchev–Trinajstić information content (AvgIpc) is 3.17. The van der Waals surface area contributed by atoms with Crippen LogP contribution in [0.25, 0.3) is 0 Å². The number of hydrogen-bond acceptors (Lipinski definition) is 4. The summed E-state index contributed by atoms with van der Waals surface area (Å²) < 4.78 is 13.7. The molecule has 1 N–H and O–H groups in total. The van der Waals surface area contributed by atoms with Gasteiger partial charge in [-0.2, -0.15) is 0 Å². The number of hydrogen-bond donors (Lipinski definition) is 1. The zero-order chi connectivity index (χ0) is 17.8. The first-order valence-corrected chi connectivity index (χ1v) is 9.06. The number of carbonyl (C=O) groups is 2. The fourth-order valence-electron chi connectivity index (χ4n) is 2.83. The quantitative estimate of drug-likeness (QED) is 0.911. The predicted molar refractivity (Wildman–Crippen MR) is 96.3 cm³/mol. The van der Waals surface area contributed by atoms with E-state index in [9.17, 15) is 14.0 Å². The number of amides is 2. The van der Waals surface area contributed by atoms with Crippen LogP contribution >= 0.6 is 11.3 Å². The van der Waals surface area contributed by atoms with Crippen LogP contribution in [-0.2, 0) is 4.79 Å². The molecule has 1 saturated heterocycles. The van der Waals surface area contributed by atoms with E-state index in [2.05, 4.69) is 5.32 Å². The highest BCUT2D eigenvalue weighted by Crippen LogP contribution is 2.16. The summed E-state index contributed by atoms with van der Waals surface area (Å²) in [5, 5.41) is 4.52. The molecule has 25 heavy (non-hydrogen) atoms. The molecular formula is C18H20FN3O2S. The van der Waals surface area contributed by atoms with E-state index in [0.29, 0.717) is 26.2 Å². The Morgan fingerprint density at radius 1 is 1.12 bits per heavy atom. The van der Waals surface area contributed by atoms with Gasteiger partial charge in [-0.1, -0.05) is 18.2 Å². The van der Waals surface area contributed by atoms with Crippen LogP contribution in [-0.4, -0.2) is 53.8 Å². The van der Waals surface area contributed by atoms with E-state index in [0.717, 1.165) is 4.88 Å². The molecule has 7 heteroatoms. The lowest BCUT2D eigenvalue weighted by Gasteiger charge is -2.37. The summed E-state index contributed by atoms with van der Waals surface area (Å²) in [5.74, 6) is -0.657. The average molecular weight is 361 g/mol. The van der Waals surface area contributed by atoms with Crippen LogP contribution in [0.15, 0.2) is 41.8 Å². The van der Waals surface area contributed by atoms with Crippen LogP contribution in [0.2, 0.25) is 0 Å². The summed E-state index contributed by atoms with van der Waals surface area (Å²) in [5.41, 5.74) is 0.186. The monoisotopic (exact) mass is 361 g/mol.